The van der Waals surface area contributed by atoms with E-state index in [0.717, 1.165) is 12.8 Å². The van der Waals surface area contributed by atoms with E-state index in [9.17, 15) is 18.3 Å². The lowest BCUT2D eigenvalue weighted by Gasteiger charge is -2.09. The molecule has 1 aromatic rings. The fourth-order valence-corrected chi connectivity index (χ4v) is 2.40. The Balaban J connectivity index is 2.66. The third kappa shape index (κ3) is 5.27. The highest BCUT2D eigenvalue weighted by molar-refractivity contribution is 7.89. The number of hydrogen-bond acceptors (Lipinski definition) is 5. The van der Waals surface area contributed by atoms with Gasteiger partial charge < -0.3 is 14.6 Å². The van der Waals surface area contributed by atoms with Gasteiger partial charge in [-0.05, 0) is 30.7 Å². The summed E-state index contributed by atoms with van der Waals surface area (Å²) >= 11 is 0. The van der Waals surface area contributed by atoms with Crippen LogP contribution in [0.5, 0.6) is 5.75 Å². The van der Waals surface area contributed by atoms with Gasteiger partial charge in [-0.25, -0.2) is 13.1 Å². The maximum Gasteiger partial charge on any atom is 0.240 e. The Hall–Kier alpha value is -1.60. The van der Waals surface area contributed by atoms with Crippen molar-refractivity contribution in [3.63, 3.8) is 0 Å². The number of sulfonamides is 1. The molecule has 0 aliphatic rings. The molecule has 0 bridgehead atoms. The lowest BCUT2D eigenvalue weighted by atomic mass is 10.3. The summed E-state index contributed by atoms with van der Waals surface area (Å²) in [5.41, 5.74) is 0. The first-order chi connectivity index (χ1) is 8.95. The highest BCUT2D eigenvalue weighted by Gasteiger charge is 2.12. The Morgan fingerprint density at radius 3 is 2.47 bits per heavy atom. The molecule has 19 heavy (non-hydrogen) atoms. The van der Waals surface area contributed by atoms with Crippen molar-refractivity contribution in [2.45, 2.75) is 24.7 Å². The van der Waals surface area contributed by atoms with Crippen LogP contribution in [0.1, 0.15) is 19.8 Å². The largest absolute Gasteiger partial charge is 0.546 e. The second kappa shape index (κ2) is 7.10. The number of carboxylic acids is 1. The number of aliphatic carboxylic acids is 1. The van der Waals surface area contributed by atoms with Crippen LogP contribution in [0.2, 0.25) is 0 Å². The van der Waals surface area contributed by atoms with E-state index in [-0.39, 0.29) is 10.6 Å². The van der Waals surface area contributed by atoms with Crippen molar-refractivity contribution in [2.24, 2.45) is 0 Å². The van der Waals surface area contributed by atoms with E-state index in [1.165, 1.54) is 24.3 Å². The number of carboxylic acid groups (broad SMARTS) is 1. The molecule has 1 rings (SSSR count). The molecule has 0 aliphatic heterocycles. The van der Waals surface area contributed by atoms with Crippen LogP contribution in [0.15, 0.2) is 29.2 Å². The molecule has 0 radical (unpaired) electrons. The van der Waals surface area contributed by atoms with Gasteiger partial charge in [-0.1, -0.05) is 13.3 Å². The highest BCUT2D eigenvalue weighted by Crippen LogP contribution is 2.15. The number of unbranched alkanes of at least 4 members (excludes halogenated alkanes) is 1. The molecule has 1 N–H and O–H groups in total. The number of benzene rings is 1. The minimum Gasteiger partial charge on any atom is -0.546 e. The fraction of sp³-hybridized carbons (Fsp3) is 0.417. The number of carbonyl (C=O) groups excluding carboxylic acids is 1. The number of nitrogens with one attached hydrogen (secondary N) is 1. The van der Waals surface area contributed by atoms with Gasteiger partial charge in [-0.3, -0.25) is 0 Å². The summed E-state index contributed by atoms with van der Waals surface area (Å²) in [6.45, 7) is 1.79. The maximum absolute atomic E-state index is 11.8. The molecule has 0 atom stereocenters. The van der Waals surface area contributed by atoms with Crippen LogP contribution in [0.3, 0.4) is 0 Å². The van der Waals surface area contributed by atoms with Gasteiger partial charge in [0.05, 0.1) is 10.9 Å². The zero-order valence-corrected chi connectivity index (χ0v) is 11.4. The molecule has 0 saturated heterocycles. The molecule has 0 heterocycles. The molecule has 1 aromatic carbocycles. The summed E-state index contributed by atoms with van der Waals surface area (Å²) in [4.78, 5) is 10.3. The monoisotopic (exact) mass is 286 g/mol. The number of carbonyl (C=O) groups is 1. The zero-order valence-electron chi connectivity index (χ0n) is 10.6. The Morgan fingerprint density at radius 1 is 1.32 bits per heavy atom. The third-order valence-corrected chi connectivity index (χ3v) is 3.79. The minimum absolute atomic E-state index is 0.115. The van der Waals surface area contributed by atoms with Crippen molar-refractivity contribution in [2.75, 3.05) is 13.2 Å². The van der Waals surface area contributed by atoms with Crippen molar-refractivity contribution in [1.82, 2.24) is 4.72 Å². The Bertz CT molecular complexity index is 509. The highest BCUT2D eigenvalue weighted by atomic mass is 32.2. The summed E-state index contributed by atoms with van der Waals surface area (Å²) < 4.78 is 31.0. The molecule has 0 unspecified atom stereocenters. The molecule has 0 aliphatic carbocycles. The molecule has 0 saturated carbocycles. The zero-order chi connectivity index (χ0) is 14.3. The van der Waals surface area contributed by atoms with Crippen LogP contribution >= 0.6 is 0 Å². The van der Waals surface area contributed by atoms with E-state index in [2.05, 4.69) is 4.72 Å². The predicted octanol–water partition coefficient (Wildman–Crippen LogP) is -0.106. The number of hydrogen-bond donors (Lipinski definition) is 1. The van der Waals surface area contributed by atoms with Crippen molar-refractivity contribution < 1.29 is 23.1 Å². The van der Waals surface area contributed by atoms with E-state index in [1.54, 1.807) is 0 Å². The molecule has 0 spiro atoms. The normalized spacial score (nSPS) is 11.2. The summed E-state index contributed by atoms with van der Waals surface area (Å²) in [6, 6.07) is 5.52. The van der Waals surface area contributed by atoms with Crippen molar-refractivity contribution >= 4 is 16.0 Å². The first-order valence-corrected chi connectivity index (χ1v) is 7.36. The molecule has 0 aromatic heterocycles. The average molecular weight is 286 g/mol. The second-order valence-electron chi connectivity index (χ2n) is 3.88. The Morgan fingerprint density at radius 2 is 1.95 bits per heavy atom. The van der Waals surface area contributed by atoms with E-state index >= 15 is 0 Å². The van der Waals surface area contributed by atoms with Gasteiger partial charge in [-0.15, -0.1) is 0 Å². The first-order valence-electron chi connectivity index (χ1n) is 5.88. The summed E-state index contributed by atoms with van der Waals surface area (Å²) in [5.74, 6) is -1.06. The van der Waals surface area contributed by atoms with Crippen LogP contribution in [0.4, 0.5) is 0 Å². The van der Waals surface area contributed by atoms with Crippen molar-refractivity contribution in [1.29, 1.82) is 0 Å². The summed E-state index contributed by atoms with van der Waals surface area (Å²) in [5, 5.41) is 10.2. The molecule has 6 nitrogen and oxygen atoms in total. The van der Waals surface area contributed by atoms with E-state index < -0.39 is 22.6 Å². The predicted molar refractivity (Wildman–Crippen MR) is 67.0 cm³/mol. The lowest BCUT2D eigenvalue weighted by molar-refractivity contribution is -0.307. The van der Waals surface area contributed by atoms with Gasteiger partial charge in [0, 0.05) is 6.54 Å². The van der Waals surface area contributed by atoms with Crippen LogP contribution in [0, 0.1) is 0 Å². The van der Waals surface area contributed by atoms with Gasteiger partial charge >= 0.3 is 0 Å². The molecule has 7 heteroatoms. The number of ether oxygens (including phenoxy) is 1. The van der Waals surface area contributed by atoms with Crippen LogP contribution in [-0.4, -0.2) is 27.5 Å². The first kappa shape index (κ1) is 15.5. The smallest absolute Gasteiger partial charge is 0.240 e. The minimum atomic E-state index is -3.51. The fourth-order valence-electron chi connectivity index (χ4n) is 1.32. The van der Waals surface area contributed by atoms with Gasteiger partial charge in [0.1, 0.15) is 12.4 Å². The third-order valence-electron chi connectivity index (χ3n) is 2.31. The van der Waals surface area contributed by atoms with E-state index in [0.29, 0.717) is 6.54 Å². The van der Waals surface area contributed by atoms with Crippen LogP contribution in [-0.2, 0) is 14.8 Å². The summed E-state index contributed by atoms with van der Waals surface area (Å²) in [6.07, 6.45) is 1.67. The quantitative estimate of drug-likeness (QED) is 0.673. The average Bonchev–Trinajstić information content (AvgIpc) is 2.37. The van der Waals surface area contributed by atoms with Gasteiger partial charge in [0.15, 0.2) is 0 Å². The topological polar surface area (TPSA) is 95.5 Å². The summed E-state index contributed by atoms with van der Waals surface area (Å²) in [7, 11) is -3.51. The molecule has 0 fully saturated rings. The SMILES string of the molecule is CCCCNS(=O)(=O)c1ccc(OCC(=O)[O-])cc1. The Kier molecular flexibility index (Phi) is 5.78. The van der Waals surface area contributed by atoms with Crippen LogP contribution in [0.25, 0.3) is 0 Å². The molecule has 106 valence electrons. The van der Waals surface area contributed by atoms with Crippen molar-refractivity contribution in [3.8, 4) is 5.75 Å². The lowest BCUT2D eigenvalue weighted by Crippen LogP contribution is -2.29. The molecular formula is C12H16NO5S-. The van der Waals surface area contributed by atoms with Crippen LogP contribution < -0.4 is 14.6 Å². The molecular weight excluding hydrogens is 270 g/mol. The number of rotatable bonds is 8. The van der Waals surface area contributed by atoms with Gasteiger partial charge in [0.25, 0.3) is 0 Å². The molecule has 0 amide bonds. The van der Waals surface area contributed by atoms with Gasteiger partial charge in [-0.2, -0.15) is 0 Å². The maximum atomic E-state index is 11.8. The van der Waals surface area contributed by atoms with E-state index in [4.69, 9.17) is 4.74 Å². The Labute approximate surface area is 112 Å². The second-order valence-corrected chi connectivity index (χ2v) is 5.65. The van der Waals surface area contributed by atoms with Crippen molar-refractivity contribution in [3.05, 3.63) is 24.3 Å². The standard InChI is InChI=1S/C12H17NO5S/c1-2-3-8-13-19(16,17)11-6-4-10(5-7-11)18-9-12(14)15/h4-7,13H,2-3,8-9H2,1H3,(H,14,15)/p-1. The van der Waals surface area contributed by atoms with Gasteiger partial charge in [0.2, 0.25) is 10.0 Å². The van der Waals surface area contributed by atoms with E-state index in [1.807, 2.05) is 6.92 Å².